The van der Waals surface area contributed by atoms with E-state index in [-0.39, 0.29) is 0 Å². The van der Waals surface area contributed by atoms with E-state index >= 15 is 0 Å². The van der Waals surface area contributed by atoms with Crippen LogP contribution in [0.25, 0.3) is 0 Å². The molecule has 0 fully saturated rings. The van der Waals surface area contributed by atoms with Crippen LogP contribution in [0.5, 0.6) is 0 Å². The van der Waals surface area contributed by atoms with Gasteiger partial charge in [0.25, 0.3) is 0 Å². The quantitative estimate of drug-likeness (QED) is 0.523. The van der Waals surface area contributed by atoms with Crippen molar-refractivity contribution in [1.82, 2.24) is 0 Å². The molecule has 0 heterocycles. The molecule has 0 rings (SSSR count). The highest BCUT2D eigenvalue weighted by atomic mass is 14.0. The molecule has 0 radical (unpaired) electrons. The summed E-state index contributed by atoms with van der Waals surface area (Å²) >= 11 is 0. The highest BCUT2D eigenvalue weighted by molar-refractivity contribution is 5.19. The topological polar surface area (TPSA) is 0 Å². The minimum atomic E-state index is 0.709. The van der Waals surface area contributed by atoms with Gasteiger partial charge in [-0.15, -0.1) is 0 Å². The first-order valence-electron chi connectivity index (χ1n) is 4.05. The van der Waals surface area contributed by atoms with E-state index < -0.39 is 0 Å². The molecule has 0 aromatic carbocycles. The molecule has 1 atom stereocenters. The second-order valence-corrected chi connectivity index (χ2v) is 2.60. The molecular weight excluding hydrogens is 120 g/mol. The Bertz CT molecular complexity index is 129. The van der Waals surface area contributed by atoms with Gasteiger partial charge in [0.2, 0.25) is 0 Å². The molecule has 0 heteroatoms. The molecule has 0 spiro atoms. The Morgan fingerprint density at radius 1 is 1.40 bits per heavy atom. The van der Waals surface area contributed by atoms with E-state index in [0.29, 0.717) is 5.92 Å². The van der Waals surface area contributed by atoms with Gasteiger partial charge in [0.1, 0.15) is 0 Å². The van der Waals surface area contributed by atoms with Crippen LogP contribution in [-0.2, 0) is 0 Å². The first kappa shape index (κ1) is 9.48. The third-order valence-corrected chi connectivity index (χ3v) is 1.87. The van der Waals surface area contributed by atoms with Crippen molar-refractivity contribution in [2.75, 3.05) is 0 Å². The first-order valence-corrected chi connectivity index (χ1v) is 4.05. The molecule has 1 unspecified atom stereocenters. The summed E-state index contributed by atoms with van der Waals surface area (Å²) < 4.78 is 0. The average molecular weight is 138 g/mol. The summed E-state index contributed by atoms with van der Waals surface area (Å²) in [6.07, 6.45) is 7.70. The van der Waals surface area contributed by atoms with Gasteiger partial charge in [-0.25, -0.2) is 0 Å². The van der Waals surface area contributed by atoms with Gasteiger partial charge in [-0.05, 0) is 31.8 Å². The van der Waals surface area contributed by atoms with E-state index in [2.05, 4.69) is 45.9 Å². The van der Waals surface area contributed by atoms with Gasteiger partial charge in [-0.2, -0.15) is 0 Å². The van der Waals surface area contributed by atoms with Crippen molar-refractivity contribution in [2.45, 2.75) is 34.1 Å². The summed E-state index contributed by atoms with van der Waals surface area (Å²) in [6, 6.07) is 0. The maximum Gasteiger partial charge on any atom is -0.0196 e. The van der Waals surface area contributed by atoms with Crippen LogP contribution in [0, 0.1) is 5.92 Å². The minimum absolute atomic E-state index is 0.709. The van der Waals surface area contributed by atoms with Crippen molar-refractivity contribution in [3.05, 3.63) is 23.8 Å². The summed E-state index contributed by atoms with van der Waals surface area (Å²) in [6.45, 7) is 8.64. The Labute approximate surface area is 64.6 Å². The molecule has 0 N–H and O–H groups in total. The zero-order valence-electron chi connectivity index (χ0n) is 7.52. The number of hydrogen-bond donors (Lipinski definition) is 0. The second-order valence-electron chi connectivity index (χ2n) is 2.60. The van der Waals surface area contributed by atoms with Gasteiger partial charge >= 0.3 is 0 Å². The van der Waals surface area contributed by atoms with Crippen molar-refractivity contribution in [3.8, 4) is 0 Å². The average Bonchev–Trinajstić information content (AvgIpc) is 1.99. The predicted molar refractivity (Wildman–Crippen MR) is 48.0 cm³/mol. The maximum absolute atomic E-state index is 2.26. The molecule has 0 amide bonds. The lowest BCUT2D eigenvalue weighted by Crippen LogP contribution is -1.93. The standard InChI is InChI=1S/C10H18/c1-5-8-10(7-3)9(4)6-2/h5,7-9H,6H2,1-4H3/b8-5-,10-7+. The number of allylic oxidation sites excluding steroid dienone is 4. The molecular formula is C10H18. The molecule has 0 aliphatic heterocycles. The van der Waals surface area contributed by atoms with E-state index in [1.807, 2.05) is 0 Å². The minimum Gasteiger partial charge on any atom is -0.0874 e. The lowest BCUT2D eigenvalue weighted by molar-refractivity contribution is 0.669. The molecule has 0 saturated heterocycles. The number of hydrogen-bond acceptors (Lipinski definition) is 0. The van der Waals surface area contributed by atoms with Crippen LogP contribution in [-0.4, -0.2) is 0 Å². The highest BCUT2D eigenvalue weighted by Crippen LogP contribution is 2.14. The van der Waals surface area contributed by atoms with E-state index in [1.54, 1.807) is 0 Å². The predicted octanol–water partition coefficient (Wildman–Crippen LogP) is 3.55. The summed E-state index contributed by atoms with van der Waals surface area (Å²) in [5.41, 5.74) is 1.45. The molecule has 0 saturated carbocycles. The molecule has 58 valence electrons. The summed E-state index contributed by atoms with van der Waals surface area (Å²) in [4.78, 5) is 0. The Kier molecular flexibility index (Phi) is 5.00. The van der Waals surface area contributed by atoms with Crippen molar-refractivity contribution >= 4 is 0 Å². The molecule has 10 heavy (non-hydrogen) atoms. The maximum atomic E-state index is 2.26. The molecule has 0 aromatic rings. The van der Waals surface area contributed by atoms with E-state index in [1.165, 1.54) is 12.0 Å². The Morgan fingerprint density at radius 2 is 2.00 bits per heavy atom. The van der Waals surface area contributed by atoms with Crippen molar-refractivity contribution in [2.24, 2.45) is 5.92 Å². The van der Waals surface area contributed by atoms with Gasteiger partial charge in [0.15, 0.2) is 0 Å². The number of rotatable bonds is 3. The van der Waals surface area contributed by atoms with Crippen LogP contribution in [0.15, 0.2) is 23.8 Å². The third kappa shape index (κ3) is 2.86. The lowest BCUT2D eigenvalue weighted by atomic mass is 9.98. The molecule has 0 nitrogen and oxygen atoms in total. The normalized spacial score (nSPS) is 16.2. The van der Waals surface area contributed by atoms with Gasteiger partial charge in [-0.1, -0.05) is 32.1 Å². The van der Waals surface area contributed by atoms with E-state index in [4.69, 9.17) is 0 Å². The Hall–Kier alpha value is -0.520. The van der Waals surface area contributed by atoms with Crippen LogP contribution in [0.3, 0.4) is 0 Å². The van der Waals surface area contributed by atoms with Crippen LogP contribution < -0.4 is 0 Å². The van der Waals surface area contributed by atoms with Crippen molar-refractivity contribution in [3.63, 3.8) is 0 Å². The van der Waals surface area contributed by atoms with Crippen LogP contribution in [0.4, 0.5) is 0 Å². The highest BCUT2D eigenvalue weighted by Gasteiger charge is 1.99. The third-order valence-electron chi connectivity index (χ3n) is 1.87. The molecule has 0 bridgehead atoms. The van der Waals surface area contributed by atoms with Gasteiger partial charge in [0, 0.05) is 0 Å². The zero-order chi connectivity index (χ0) is 7.98. The summed E-state index contributed by atoms with van der Waals surface area (Å²) in [7, 11) is 0. The molecule has 0 aliphatic rings. The SMILES string of the molecule is C/C=C\C(=C/C)C(C)CC. The van der Waals surface area contributed by atoms with Gasteiger partial charge in [-0.3, -0.25) is 0 Å². The fourth-order valence-corrected chi connectivity index (χ4v) is 0.973. The van der Waals surface area contributed by atoms with Crippen molar-refractivity contribution < 1.29 is 0 Å². The monoisotopic (exact) mass is 138 g/mol. The van der Waals surface area contributed by atoms with Crippen molar-refractivity contribution in [1.29, 1.82) is 0 Å². The van der Waals surface area contributed by atoms with E-state index in [0.717, 1.165) is 0 Å². The van der Waals surface area contributed by atoms with Gasteiger partial charge in [0.05, 0.1) is 0 Å². The molecule has 0 aromatic heterocycles. The largest absolute Gasteiger partial charge is 0.0874 e. The summed E-state index contributed by atoms with van der Waals surface area (Å²) in [5.74, 6) is 0.709. The summed E-state index contributed by atoms with van der Waals surface area (Å²) in [5, 5.41) is 0. The second kappa shape index (κ2) is 5.28. The van der Waals surface area contributed by atoms with Crippen LogP contribution >= 0.6 is 0 Å². The fourth-order valence-electron chi connectivity index (χ4n) is 0.973. The van der Waals surface area contributed by atoms with E-state index in [9.17, 15) is 0 Å². The van der Waals surface area contributed by atoms with Gasteiger partial charge < -0.3 is 0 Å². The Morgan fingerprint density at radius 3 is 2.30 bits per heavy atom. The van der Waals surface area contributed by atoms with Crippen LogP contribution in [0.2, 0.25) is 0 Å². The first-order chi connectivity index (χ1) is 4.76. The molecule has 0 aliphatic carbocycles. The smallest absolute Gasteiger partial charge is 0.0196 e. The Balaban J connectivity index is 4.08. The fraction of sp³-hybridized carbons (Fsp3) is 0.600. The lowest BCUT2D eigenvalue weighted by Gasteiger charge is -2.08. The zero-order valence-corrected chi connectivity index (χ0v) is 7.52. The van der Waals surface area contributed by atoms with Crippen LogP contribution in [0.1, 0.15) is 34.1 Å².